The number of aliphatic imine (C=N–C) groups is 1. The molecule has 0 aliphatic heterocycles. The highest BCUT2D eigenvalue weighted by Crippen LogP contribution is 2.68. The van der Waals surface area contributed by atoms with E-state index >= 15 is 0 Å². The van der Waals surface area contributed by atoms with Crippen LogP contribution in [0.4, 0.5) is 0 Å². The molecule has 5 heteroatoms. The third-order valence-corrected chi connectivity index (χ3v) is 11.1. The zero-order chi connectivity index (χ0) is 22.7. The predicted molar refractivity (Wildman–Crippen MR) is 132 cm³/mol. The second-order valence-electron chi connectivity index (χ2n) is 11.7. The highest BCUT2D eigenvalue weighted by atomic mass is 35.5. The minimum atomic E-state index is -0.790. The molecule has 4 fully saturated rings. The Balaban J connectivity index is 1.35. The second-order valence-corrected chi connectivity index (χ2v) is 12.6. The smallest absolute Gasteiger partial charge is 0.143 e. The summed E-state index contributed by atoms with van der Waals surface area (Å²) in [4.78, 5) is 4.61. The topological polar surface area (TPSA) is 52.8 Å². The third-order valence-electron chi connectivity index (χ3n) is 10.5. The van der Waals surface area contributed by atoms with Gasteiger partial charge in [0.05, 0.1) is 17.2 Å². The number of rotatable bonds is 3. The van der Waals surface area contributed by atoms with Gasteiger partial charge in [0.1, 0.15) is 5.75 Å². The number of nitrogens with zero attached hydrogens (tertiary/aromatic N) is 1. The number of phenolic OH excluding ortho intramolecular Hbond substituents is 1. The molecule has 32 heavy (non-hydrogen) atoms. The minimum absolute atomic E-state index is 0.0136. The number of hydrogen-bond donors (Lipinski definition) is 2. The predicted octanol–water partition coefficient (Wildman–Crippen LogP) is 7.28. The number of hydrogen-bond acceptors (Lipinski definition) is 3. The van der Waals surface area contributed by atoms with E-state index in [9.17, 15) is 10.2 Å². The van der Waals surface area contributed by atoms with Crippen LogP contribution < -0.4 is 0 Å². The molecular formula is C27H37Cl2NO2. The van der Waals surface area contributed by atoms with E-state index in [0.717, 1.165) is 37.0 Å². The lowest BCUT2D eigenvalue weighted by Crippen LogP contribution is -2.56. The molecule has 3 nitrogen and oxygen atoms in total. The molecule has 0 heterocycles. The molecule has 1 aromatic carbocycles. The summed E-state index contributed by atoms with van der Waals surface area (Å²) in [6.07, 6.45) is 14.3. The van der Waals surface area contributed by atoms with Crippen molar-refractivity contribution in [3.8, 4) is 5.75 Å². The Labute approximate surface area is 202 Å². The van der Waals surface area contributed by atoms with Gasteiger partial charge in [0.15, 0.2) is 0 Å². The molecule has 2 N–H and O–H groups in total. The molecule has 1 aromatic rings. The van der Waals surface area contributed by atoms with Crippen LogP contribution in [0.5, 0.6) is 5.75 Å². The monoisotopic (exact) mass is 477 g/mol. The van der Waals surface area contributed by atoms with E-state index in [-0.39, 0.29) is 16.2 Å². The van der Waals surface area contributed by atoms with Gasteiger partial charge in [-0.15, -0.1) is 0 Å². The number of halogens is 2. The number of aromatic hydroxyl groups is 1. The van der Waals surface area contributed by atoms with E-state index in [1.165, 1.54) is 51.0 Å². The molecule has 0 unspecified atom stereocenters. The van der Waals surface area contributed by atoms with Crippen LogP contribution in [0.15, 0.2) is 17.1 Å². The molecule has 4 aliphatic rings. The van der Waals surface area contributed by atoms with Crippen molar-refractivity contribution in [1.82, 2.24) is 0 Å². The van der Waals surface area contributed by atoms with Crippen LogP contribution in [0.25, 0.3) is 0 Å². The van der Waals surface area contributed by atoms with Crippen molar-refractivity contribution in [1.29, 1.82) is 0 Å². The standard InChI is InChI=1S/C27H37Cl2NO2/c1-25-10-4-3-5-18(25)6-7-20-21(25)8-11-26(2)22(20)9-12-27(26,32)16-30-15-17-13-19(28)14-23(29)24(17)31/h13-15,18,20-22,31-32H,3-12,16H2,1-2H3/t18-,20+,21+,22-,25+,26-,27+/m1/s1. The lowest BCUT2D eigenvalue weighted by molar-refractivity contribution is -0.147. The van der Waals surface area contributed by atoms with Gasteiger partial charge in [0.2, 0.25) is 0 Å². The molecule has 5 rings (SSSR count). The van der Waals surface area contributed by atoms with E-state index in [0.29, 0.717) is 28.5 Å². The van der Waals surface area contributed by atoms with E-state index in [2.05, 4.69) is 18.8 Å². The van der Waals surface area contributed by atoms with Gasteiger partial charge in [-0.1, -0.05) is 49.9 Å². The van der Waals surface area contributed by atoms with Crippen molar-refractivity contribution in [2.75, 3.05) is 6.54 Å². The summed E-state index contributed by atoms with van der Waals surface area (Å²) in [5.74, 6) is 3.08. The first-order valence-corrected chi connectivity index (χ1v) is 13.3. The van der Waals surface area contributed by atoms with E-state index < -0.39 is 5.60 Å². The fraction of sp³-hybridized carbons (Fsp3) is 0.741. The first kappa shape index (κ1) is 23.0. The van der Waals surface area contributed by atoms with Crippen LogP contribution in [0, 0.1) is 34.5 Å². The molecular weight excluding hydrogens is 441 g/mol. The Morgan fingerprint density at radius 2 is 1.78 bits per heavy atom. The average Bonchev–Trinajstić information content (AvgIpc) is 3.02. The quantitative estimate of drug-likeness (QED) is 0.449. The minimum Gasteiger partial charge on any atom is -0.506 e. The largest absolute Gasteiger partial charge is 0.506 e. The lowest BCUT2D eigenvalue weighted by Gasteiger charge is -2.61. The van der Waals surface area contributed by atoms with Crippen molar-refractivity contribution >= 4 is 29.4 Å². The van der Waals surface area contributed by atoms with Gasteiger partial charge in [-0.25, -0.2) is 0 Å². The maximum Gasteiger partial charge on any atom is 0.143 e. The molecule has 0 spiro atoms. The van der Waals surface area contributed by atoms with Crippen LogP contribution in [-0.4, -0.2) is 28.6 Å². The Hall–Kier alpha value is -0.770. The summed E-state index contributed by atoms with van der Waals surface area (Å²) in [7, 11) is 0. The third kappa shape index (κ3) is 3.45. The molecule has 7 atom stereocenters. The molecule has 0 radical (unpaired) electrons. The van der Waals surface area contributed by atoms with Crippen LogP contribution in [-0.2, 0) is 0 Å². The Bertz CT molecular complexity index is 919. The number of benzene rings is 1. The molecule has 4 saturated carbocycles. The summed E-state index contributed by atoms with van der Waals surface area (Å²) in [6, 6.07) is 3.18. The number of fused-ring (bicyclic) bond motifs is 5. The molecule has 0 saturated heterocycles. The zero-order valence-corrected chi connectivity index (χ0v) is 20.9. The van der Waals surface area contributed by atoms with Crippen molar-refractivity contribution < 1.29 is 10.2 Å². The lowest BCUT2D eigenvalue weighted by atomic mass is 9.44. The Kier molecular flexibility index (Phi) is 5.87. The number of phenols is 1. The highest BCUT2D eigenvalue weighted by molar-refractivity contribution is 6.36. The van der Waals surface area contributed by atoms with Crippen molar-refractivity contribution in [2.24, 2.45) is 39.5 Å². The summed E-state index contributed by atoms with van der Waals surface area (Å²) >= 11 is 12.1. The normalized spacial score (nSPS) is 43.7. The molecule has 0 amide bonds. The Morgan fingerprint density at radius 3 is 2.59 bits per heavy atom. The fourth-order valence-electron chi connectivity index (χ4n) is 8.64. The van der Waals surface area contributed by atoms with Gasteiger partial charge in [-0.3, -0.25) is 4.99 Å². The maximum atomic E-state index is 11.9. The number of aliphatic hydroxyl groups is 1. The highest BCUT2D eigenvalue weighted by Gasteiger charge is 2.64. The van der Waals surface area contributed by atoms with Gasteiger partial charge in [-0.05, 0) is 92.6 Å². The van der Waals surface area contributed by atoms with Crippen LogP contribution in [0.1, 0.15) is 83.6 Å². The van der Waals surface area contributed by atoms with Crippen molar-refractivity contribution in [3.05, 3.63) is 27.7 Å². The average molecular weight is 479 g/mol. The maximum absolute atomic E-state index is 11.9. The summed E-state index contributed by atoms with van der Waals surface area (Å²) in [5.41, 5.74) is 0.141. The fourth-order valence-corrected chi connectivity index (χ4v) is 9.15. The van der Waals surface area contributed by atoms with Crippen LogP contribution >= 0.6 is 23.2 Å². The van der Waals surface area contributed by atoms with Gasteiger partial charge >= 0.3 is 0 Å². The summed E-state index contributed by atoms with van der Waals surface area (Å²) in [6.45, 7) is 5.30. The zero-order valence-electron chi connectivity index (χ0n) is 19.4. The molecule has 0 aromatic heterocycles. The first-order valence-electron chi connectivity index (χ1n) is 12.6. The second kappa shape index (κ2) is 8.17. The van der Waals surface area contributed by atoms with Gasteiger partial charge in [0, 0.05) is 22.2 Å². The van der Waals surface area contributed by atoms with Gasteiger partial charge in [-0.2, -0.15) is 0 Å². The summed E-state index contributed by atoms with van der Waals surface area (Å²) < 4.78 is 0. The first-order chi connectivity index (χ1) is 15.2. The van der Waals surface area contributed by atoms with E-state index in [1.54, 1.807) is 12.3 Å². The summed E-state index contributed by atoms with van der Waals surface area (Å²) in [5, 5.41) is 22.8. The Morgan fingerprint density at radius 1 is 1.00 bits per heavy atom. The molecule has 4 aliphatic carbocycles. The van der Waals surface area contributed by atoms with Crippen LogP contribution in [0.2, 0.25) is 10.0 Å². The van der Waals surface area contributed by atoms with E-state index in [4.69, 9.17) is 23.2 Å². The van der Waals surface area contributed by atoms with Crippen molar-refractivity contribution in [3.63, 3.8) is 0 Å². The molecule has 176 valence electrons. The van der Waals surface area contributed by atoms with Gasteiger partial charge < -0.3 is 10.2 Å². The van der Waals surface area contributed by atoms with Crippen molar-refractivity contribution in [2.45, 2.75) is 83.7 Å². The molecule has 0 bridgehead atoms. The van der Waals surface area contributed by atoms with Crippen LogP contribution in [0.3, 0.4) is 0 Å². The SMILES string of the molecule is C[C@]12CCCC[C@@H]1CC[C@@H]1[C@H]3CC[C@](O)(CN=Cc4cc(Cl)cc(Cl)c4O)[C@]3(C)CC[C@@H]12. The van der Waals surface area contributed by atoms with E-state index in [1.807, 2.05) is 0 Å². The van der Waals surface area contributed by atoms with Gasteiger partial charge in [0.25, 0.3) is 0 Å².